The zero-order valence-corrected chi connectivity index (χ0v) is 21.6. The number of guanidine groups is 1. The van der Waals surface area contributed by atoms with Crippen LogP contribution in [-0.4, -0.2) is 49.6 Å². The van der Waals surface area contributed by atoms with E-state index in [1.807, 2.05) is 23.6 Å². The molecule has 32 heavy (non-hydrogen) atoms. The third-order valence-corrected chi connectivity index (χ3v) is 6.32. The molecule has 0 bridgehead atoms. The van der Waals surface area contributed by atoms with Crippen LogP contribution in [0.5, 0.6) is 5.75 Å². The number of ether oxygens (including phenoxy) is 1. The van der Waals surface area contributed by atoms with Gasteiger partial charge in [0.15, 0.2) is 5.96 Å². The fourth-order valence-electron chi connectivity index (χ4n) is 3.85. The van der Waals surface area contributed by atoms with Crippen LogP contribution in [0.4, 0.5) is 0 Å². The van der Waals surface area contributed by atoms with E-state index in [1.165, 1.54) is 18.4 Å². The van der Waals surface area contributed by atoms with Gasteiger partial charge in [0.1, 0.15) is 12.0 Å². The number of thiophene rings is 1. The molecule has 0 saturated carbocycles. The highest BCUT2D eigenvalue weighted by Crippen LogP contribution is 2.27. The maximum atomic E-state index is 5.60. The molecule has 0 radical (unpaired) electrons. The van der Waals surface area contributed by atoms with Gasteiger partial charge < -0.3 is 19.8 Å². The van der Waals surface area contributed by atoms with Crippen LogP contribution in [0.1, 0.15) is 30.1 Å². The Morgan fingerprint density at radius 2 is 2.09 bits per heavy atom. The van der Waals surface area contributed by atoms with Crippen molar-refractivity contribution in [2.75, 3.05) is 33.8 Å². The first-order valence-electron chi connectivity index (χ1n) is 10.6. The molecule has 7 nitrogen and oxygen atoms in total. The molecule has 1 aliphatic heterocycles. The second kappa shape index (κ2) is 12.2. The van der Waals surface area contributed by atoms with Gasteiger partial charge in [-0.1, -0.05) is 18.2 Å². The number of halogens is 1. The van der Waals surface area contributed by atoms with Gasteiger partial charge in [-0.25, -0.2) is 4.98 Å². The third kappa shape index (κ3) is 6.23. The van der Waals surface area contributed by atoms with Gasteiger partial charge in [0.05, 0.1) is 30.3 Å². The molecular weight excluding hydrogens is 537 g/mol. The maximum Gasteiger partial charge on any atom is 0.236 e. The smallest absolute Gasteiger partial charge is 0.236 e. The lowest BCUT2D eigenvalue weighted by Crippen LogP contribution is -2.42. The number of likely N-dealkylation sites (tertiary alicyclic amines) is 1. The van der Waals surface area contributed by atoms with Crippen LogP contribution in [0.15, 0.2) is 57.5 Å². The van der Waals surface area contributed by atoms with Crippen molar-refractivity contribution in [1.29, 1.82) is 0 Å². The molecule has 0 spiro atoms. The lowest BCUT2D eigenvalue weighted by Gasteiger charge is -2.29. The van der Waals surface area contributed by atoms with Crippen molar-refractivity contribution in [1.82, 2.24) is 20.5 Å². The summed E-state index contributed by atoms with van der Waals surface area (Å²) in [5.74, 6) is 2.28. The Morgan fingerprint density at radius 1 is 1.25 bits per heavy atom. The number of hydrogen-bond acceptors (Lipinski definition) is 6. The Morgan fingerprint density at radius 3 is 2.81 bits per heavy atom. The minimum atomic E-state index is 0. The number of nitrogens with one attached hydrogen (secondary N) is 2. The van der Waals surface area contributed by atoms with Crippen LogP contribution in [0, 0.1) is 0 Å². The van der Waals surface area contributed by atoms with Crippen molar-refractivity contribution in [3.63, 3.8) is 0 Å². The van der Waals surface area contributed by atoms with Gasteiger partial charge in [-0.15, -0.1) is 35.3 Å². The molecule has 2 N–H and O–H groups in total. The second-order valence-electron chi connectivity index (χ2n) is 7.46. The summed E-state index contributed by atoms with van der Waals surface area (Å²) in [6.45, 7) is 3.52. The number of oxazole rings is 1. The Labute approximate surface area is 210 Å². The minimum Gasteiger partial charge on any atom is -0.497 e. The predicted octanol–water partition coefficient (Wildman–Crippen LogP) is 4.53. The van der Waals surface area contributed by atoms with E-state index in [2.05, 4.69) is 43.7 Å². The van der Waals surface area contributed by atoms with E-state index in [4.69, 9.17) is 9.15 Å². The highest BCUT2D eigenvalue weighted by Gasteiger charge is 2.24. The van der Waals surface area contributed by atoms with E-state index in [0.717, 1.165) is 41.9 Å². The molecule has 0 amide bonds. The molecule has 0 aliphatic carbocycles. The summed E-state index contributed by atoms with van der Waals surface area (Å²) in [6, 6.07) is 12.6. The van der Waals surface area contributed by atoms with E-state index in [0.29, 0.717) is 12.4 Å². The zero-order valence-electron chi connectivity index (χ0n) is 18.4. The number of aliphatic imine (C=N–C) groups is 1. The normalized spacial score (nSPS) is 15.2. The number of benzene rings is 1. The van der Waals surface area contributed by atoms with E-state index in [1.54, 1.807) is 31.8 Å². The van der Waals surface area contributed by atoms with Gasteiger partial charge in [0.2, 0.25) is 5.89 Å². The van der Waals surface area contributed by atoms with Crippen LogP contribution in [0.25, 0.3) is 10.8 Å². The lowest BCUT2D eigenvalue weighted by molar-refractivity contribution is 0.245. The van der Waals surface area contributed by atoms with Crippen LogP contribution in [0.3, 0.4) is 0 Å². The summed E-state index contributed by atoms with van der Waals surface area (Å²) in [5.41, 5.74) is 2.09. The van der Waals surface area contributed by atoms with Crippen LogP contribution < -0.4 is 15.4 Å². The molecule has 3 heterocycles. The van der Waals surface area contributed by atoms with Crippen molar-refractivity contribution >= 4 is 41.3 Å². The number of methoxy groups -OCH3 is 1. The summed E-state index contributed by atoms with van der Waals surface area (Å²) in [4.78, 5) is 12.5. The highest BCUT2D eigenvalue weighted by atomic mass is 127. The average molecular weight is 567 g/mol. The monoisotopic (exact) mass is 567 g/mol. The van der Waals surface area contributed by atoms with Crippen molar-refractivity contribution in [2.45, 2.75) is 25.4 Å². The van der Waals surface area contributed by atoms with Gasteiger partial charge in [-0.05, 0) is 55.1 Å². The largest absolute Gasteiger partial charge is 0.497 e. The summed E-state index contributed by atoms with van der Waals surface area (Å²) < 4.78 is 11.0. The molecule has 3 aromatic rings. The number of aromatic nitrogens is 1. The van der Waals surface area contributed by atoms with E-state index in [-0.39, 0.29) is 30.0 Å². The van der Waals surface area contributed by atoms with Crippen molar-refractivity contribution < 1.29 is 9.15 Å². The van der Waals surface area contributed by atoms with Crippen LogP contribution in [0.2, 0.25) is 0 Å². The van der Waals surface area contributed by atoms with E-state index >= 15 is 0 Å². The molecule has 1 unspecified atom stereocenters. The number of hydrogen-bond donors (Lipinski definition) is 2. The second-order valence-corrected chi connectivity index (χ2v) is 8.41. The predicted molar refractivity (Wildman–Crippen MR) is 140 cm³/mol. The summed E-state index contributed by atoms with van der Waals surface area (Å²) in [5, 5.41) is 8.84. The van der Waals surface area contributed by atoms with Crippen LogP contribution >= 0.6 is 35.3 Å². The van der Waals surface area contributed by atoms with Crippen LogP contribution in [-0.2, 0) is 6.54 Å². The highest BCUT2D eigenvalue weighted by molar-refractivity contribution is 14.0. The first-order valence-corrected chi connectivity index (χ1v) is 11.5. The standard InChI is InChI=1S/C23H29N5O2S.HI/c1-24-23(25-14-18-16-30-22(27-18)21-9-6-12-31-21)26-15-20(28-10-3-4-11-28)17-7-5-8-19(13-17)29-2;/h5-9,12-13,16,20H,3-4,10-11,14-15H2,1-2H3,(H2,24,25,26);1H. The van der Waals surface area contributed by atoms with Gasteiger partial charge in [-0.3, -0.25) is 9.89 Å². The minimum absolute atomic E-state index is 0. The topological polar surface area (TPSA) is 74.9 Å². The fourth-order valence-corrected chi connectivity index (χ4v) is 4.51. The average Bonchev–Trinajstić information content (AvgIpc) is 3.58. The van der Waals surface area contributed by atoms with Gasteiger partial charge >= 0.3 is 0 Å². The van der Waals surface area contributed by atoms with E-state index < -0.39 is 0 Å². The molecule has 1 aliphatic rings. The van der Waals surface area contributed by atoms with Crippen molar-refractivity contribution in [2.24, 2.45) is 4.99 Å². The molecule has 1 aromatic carbocycles. The molecule has 4 rings (SSSR count). The SMILES string of the molecule is CN=C(NCc1coc(-c2cccs2)n1)NCC(c1cccc(OC)c1)N1CCCC1.I. The zero-order chi connectivity index (χ0) is 21.5. The molecule has 1 fully saturated rings. The first-order chi connectivity index (χ1) is 15.3. The molecule has 2 aromatic heterocycles. The van der Waals surface area contributed by atoms with E-state index in [9.17, 15) is 0 Å². The third-order valence-electron chi connectivity index (χ3n) is 5.47. The molecule has 172 valence electrons. The summed E-state index contributed by atoms with van der Waals surface area (Å²) >= 11 is 1.62. The number of nitrogens with zero attached hydrogens (tertiary/aromatic N) is 3. The lowest BCUT2D eigenvalue weighted by atomic mass is 10.1. The Balaban J connectivity index is 0.00000289. The Bertz CT molecular complexity index is 986. The van der Waals surface area contributed by atoms with Gasteiger partial charge in [-0.2, -0.15) is 0 Å². The summed E-state index contributed by atoms with van der Waals surface area (Å²) in [7, 11) is 3.49. The molecule has 1 atom stereocenters. The quantitative estimate of drug-likeness (QED) is 0.237. The molecular formula is C23H30IN5O2S. The maximum absolute atomic E-state index is 5.60. The van der Waals surface area contributed by atoms with Crippen molar-refractivity contribution in [3.8, 4) is 16.5 Å². The first kappa shape index (κ1) is 24.5. The Hall–Kier alpha value is -2.11. The van der Waals surface area contributed by atoms with Gasteiger partial charge in [0.25, 0.3) is 0 Å². The fraction of sp³-hybridized carbons (Fsp3) is 0.391. The Kier molecular flexibility index (Phi) is 9.36. The van der Waals surface area contributed by atoms with Gasteiger partial charge in [0, 0.05) is 13.6 Å². The molecule has 9 heteroatoms. The number of rotatable bonds is 8. The molecule has 1 saturated heterocycles. The summed E-state index contributed by atoms with van der Waals surface area (Å²) in [6.07, 6.45) is 4.18. The van der Waals surface area contributed by atoms with Crippen molar-refractivity contribution in [3.05, 3.63) is 59.3 Å².